The van der Waals surface area contributed by atoms with E-state index in [1.54, 1.807) is 6.20 Å². The molecule has 35 heavy (non-hydrogen) atoms. The number of carboxylic acid groups (broad SMARTS) is 1. The number of nitrogens with zero attached hydrogens (tertiary/aromatic N) is 2. The maximum absolute atomic E-state index is 12.6. The largest absolute Gasteiger partial charge is 0.480 e. The molecule has 1 aromatic heterocycles. The molecule has 2 heterocycles. The van der Waals surface area contributed by atoms with E-state index in [4.69, 9.17) is 4.74 Å². The highest BCUT2D eigenvalue weighted by atomic mass is 16.5. The topological polar surface area (TPSA) is 91.8 Å². The van der Waals surface area contributed by atoms with Crippen molar-refractivity contribution in [1.82, 2.24) is 10.3 Å². The number of amides is 1. The predicted molar refractivity (Wildman–Crippen MR) is 134 cm³/mol. The smallest absolute Gasteiger partial charge is 0.407 e. The van der Waals surface area contributed by atoms with Crippen LogP contribution in [0.25, 0.3) is 11.1 Å². The van der Waals surface area contributed by atoms with Crippen LogP contribution in [0.2, 0.25) is 0 Å². The molecule has 7 nitrogen and oxygen atoms in total. The van der Waals surface area contributed by atoms with Crippen LogP contribution in [0.5, 0.6) is 0 Å². The summed E-state index contributed by atoms with van der Waals surface area (Å²) in [7, 11) is 0. The quantitative estimate of drug-likeness (QED) is 0.523. The number of anilines is 1. The minimum atomic E-state index is -1.11. The van der Waals surface area contributed by atoms with Gasteiger partial charge in [-0.1, -0.05) is 54.6 Å². The number of carbonyl (C=O) groups is 2. The van der Waals surface area contributed by atoms with Crippen LogP contribution in [-0.4, -0.2) is 47.9 Å². The van der Waals surface area contributed by atoms with Crippen LogP contribution < -0.4 is 10.2 Å². The van der Waals surface area contributed by atoms with E-state index in [0.29, 0.717) is 0 Å². The van der Waals surface area contributed by atoms with Crippen LogP contribution in [-0.2, 0) is 16.0 Å². The van der Waals surface area contributed by atoms with E-state index in [1.807, 2.05) is 48.5 Å². The number of alkyl carbamates (subject to hydrolysis) is 1. The summed E-state index contributed by atoms with van der Waals surface area (Å²) in [5.41, 5.74) is 5.24. The summed E-state index contributed by atoms with van der Waals surface area (Å²) in [6.07, 6.45) is 4.66. The lowest BCUT2D eigenvalue weighted by Gasteiger charge is -2.27. The Bertz CT molecular complexity index is 1160. The minimum Gasteiger partial charge on any atom is -0.480 e. The van der Waals surface area contributed by atoms with Gasteiger partial charge < -0.3 is 20.1 Å². The van der Waals surface area contributed by atoms with Crippen LogP contribution in [0.1, 0.15) is 41.9 Å². The number of fused-ring (bicyclic) bond motifs is 3. The predicted octanol–water partition coefficient (Wildman–Crippen LogP) is 4.61. The fourth-order valence-corrected chi connectivity index (χ4v) is 5.07. The van der Waals surface area contributed by atoms with Gasteiger partial charge in [-0.2, -0.15) is 0 Å². The molecule has 1 amide bonds. The lowest BCUT2D eigenvalue weighted by Crippen LogP contribution is -2.43. The first-order valence-corrected chi connectivity index (χ1v) is 12.1. The number of aliphatic carboxylic acids is 1. The first kappa shape index (κ1) is 22.9. The van der Waals surface area contributed by atoms with Crippen molar-refractivity contribution in [3.8, 4) is 11.1 Å². The van der Waals surface area contributed by atoms with Crippen LogP contribution >= 0.6 is 0 Å². The second-order valence-corrected chi connectivity index (χ2v) is 9.14. The summed E-state index contributed by atoms with van der Waals surface area (Å²) in [4.78, 5) is 31.2. The number of carbonyl (C=O) groups excluding carboxylic acids is 1. The molecule has 2 aromatic carbocycles. The number of benzene rings is 2. The Labute approximate surface area is 204 Å². The lowest BCUT2D eigenvalue weighted by atomic mass is 9.98. The molecule has 7 heteroatoms. The fraction of sp³-hybridized carbons (Fsp3) is 0.321. The van der Waals surface area contributed by atoms with Gasteiger partial charge in [0.15, 0.2) is 0 Å². The molecule has 2 N–H and O–H groups in total. The Morgan fingerprint density at radius 3 is 2.23 bits per heavy atom. The van der Waals surface area contributed by atoms with Gasteiger partial charge >= 0.3 is 12.1 Å². The van der Waals surface area contributed by atoms with Crippen molar-refractivity contribution in [1.29, 1.82) is 0 Å². The Morgan fingerprint density at radius 1 is 0.971 bits per heavy atom. The summed E-state index contributed by atoms with van der Waals surface area (Å²) in [5.74, 6) is -0.286. The van der Waals surface area contributed by atoms with Gasteiger partial charge in [-0.25, -0.2) is 14.6 Å². The molecular formula is C28H29N3O4. The van der Waals surface area contributed by atoms with Gasteiger partial charge in [0.1, 0.15) is 18.5 Å². The summed E-state index contributed by atoms with van der Waals surface area (Å²) in [6, 6.07) is 18.9. The molecule has 1 saturated heterocycles. The molecular weight excluding hydrogens is 442 g/mol. The summed E-state index contributed by atoms with van der Waals surface area (Å²) >= 11 is 0. The number of piperidine rings is 1. The highest BCUT2D eigenvalue weighted by Gasteiger charge is 2.30. The van der Waals surface area contributed by atoms with E-state index in [2.05, 4.69) is 27.3 Å². The number of pyridine rings is 1. The van der Waals surface area contributed by atoms with E-state index < -0.39 is 18.1 Å². The summed E-state index contributed by atoms with van der Waals surface area (Å²) in [6.45, 7) is 2.12. The van der Waals surface area contributed by atoms with Crippen LogP contribution in [0, 0.1) is 0 Å². The average molecular weight is 472 g/mol. The van der Waals surface area contributed by atoms with Crippen LogP contribution in [0.15, 0.2) is 66.9 Å². The molecule has 0 unspecified atom stereocenters. The van der Waals surface area contributed by atoms with Crippen molar-refractivity contribution in [3.05, 3.63) is 83.6 Å². The van der Waals surface area contributed by atoms with Crippen molar-refractivity contribution in [2.45, 2.75) is 37.6 Å². The number of carboxylic acids is 1. The minimum absolute atomic E-state index is 0.0806. The number of aromatic nitrogens is 1. The van der Waals surface area contributed by atoms with Crippen LogP contribution in [0.4, 0.5) is 10.6 Å². The van der Waals surface area contributed by atoms with E-state index in [-0.39, 0.29) is 18.9 Å². The molecule has 1 aliphatic carbocycles. The monoisotopic (exact) mass is 471 g/mol. The number of rotatable bonds is 7. The molecule has 0 bridgehead atoms. The third-order valence-electron chi connectivity index (χ3n) is 6.86. The van der Waals surface area contributed by atoms with Crippen molar-refractivity contribution in [2.24, 2.45) is 0 Å². The third-order valence-corrected chi connectivity index (χ3v) is 6.86. The Balaban J connectivity index is 1.20. The first-order chi connectivity index (χ1) is 17.1. The number of ether oxygens (including phenoxy) is 1. The van der Waals surface area contributed by atoms with Gasteiger partial charge in [0, 0.05) is 31.6 Å². The van der Waals surface area contributed by atoms with Crippen LogP contribution in [0.3, 0.4) is 0 Å². The third kappa shape index (κ3) is 4.99. The molecule has 1 aliphatic heterocycles. The summed E-state index contributed by atoms with van der Waals surface area (Å²) < 4.78 is 5.52. The van der Waals surface area contributed by atoms with Gasteiger partial charge in [-0.15, -0.1) is 0 Å². The molecule has 0 saturated carbocycles. The number of hydrogen-bond donors (Lipinski definition) is 2. The van der Waals surface area contributed by atoms with Crippen molar-refractivity contribution >= 4 is 17.9 Å². The zero-order valence-corrected chi connectivity index (χ0v) is 19.5. The van der Waals surface area contributed by atoms with E-state index in [9.17, 15) is 14.7 Å². The van der Waals surface area contributed by atoms with Crippen molar-refractivity contribution in [2.75, 3.05) is 24.6 Å². The second kappa shape index (κ2) is 10.2. The zero-order chi connectivity index (χ0) is 24.2. The molecule has 0 spiro atoms. The van der Waals surface area contributed by atoms with Gasteiger partial charge in [-0.05, 0) is 53.1 Å². The second-order valence-electron chi connectivity index (χ2n) is 9.14. The van der Waals surface area contributed by atoms with Gasteiger partial charge in [0.2, 0.25) is 0 Å². The highest BCUT2D eigenvalue weighted by molar-refractivity contribution is 5.81. The number of nitrogens with one attached hydrogen (secondary N) is 1. The van der Waals surface area contributed by atoms with E-state index >= 15 is 0 Å². The normalized spacial score (nSPS) is 15.7. The van der Waals surface area contributed by atoms with Gasteiger partial charge in [-0.3, -0.25) is 0 Å². The molecule has 180 valence electrons. The Hall–Kier alpha value is -3.87. The average Bonchev–Trinajstić information content (AvgIpc) is 3.21. The molecule has 1 fully saturated rings. The van der Waals surface area contributed by atoms with E-state index in [1.165, 1.54) is 6.42 Å². The maximum Gasteiger partial charge on any atom is 0.407 e. The highest BCUT2D eigenvalue weighted by Crippen LogP contribution is 2.44. The van der Waals surface area contributed by atoms with Crippen molar-refractivity contribution in [3.63, 3.8) is 0 Å². The molecule has 2 aliphatic rings. The standard InChI is InChI=1S/C28H29N3O4/c32-27(33)25(16-19-12-13-26(29-17-19)31-14-6-1-7-15-31)30-28(34)35-18-24-22-10-4-2-8-20(22)21-9-3-5-11-23(21)24/h2-5,8-13,17,24-25H,1,6-7,14-16,18H2,(H,30,34)(H,32,33)/t25-/m0/s1. The maximum atomic E-state index is 12.6. The van der Waals surface area contributed by atoms with E-state index in [0.717, 1.165) is 59.6 Å². The molecule has 1 atom stereocenters. The molecule has 0 radical (unpaired) electrons. The number of hydrogen-bond acceptors (Lipinski definition) is 5. The Morgan fingerprint density at radius 2 is 1.63 bits per heavy atom. The van der Waals surface area contributed by atoms with Crippen molar-refractivity contribution < 1.29 is 19.4 Å². The lowest BCUT2D eigenvalue weighted by molar-refractivity contribution is -0.139. The fourth-order valence-electron chi connectivity index (χ4n) is 5.07. The van der Waals surface area contributed by atoms with Gasteiger partial charge in [0.25, 0.3) is 0 Å². The molecule has 5 rings (SSSR count). The SMILES string of the molecule is O=C(N[C@@H](Cc1ccc(N2CCCCC2)nc1)C(=O)O)OCC1c2ccccc2-c2ccccc21. The summed E-state index contributed by atoms with van der Waals surface area (Å²) in [5, 5.41) is 12.2. The molecule has 3 aromatic rings. The zero-order valence-electron chi connectivity index (χ0n) is 19.5. The first-order valence-electron chi connectivity index (χ1n) is 12.1. The Kier molecular flexibility index (Phi) is 6.66. The van der Waals surface area contributed by atoms with Gasteiger partial charge in [0.05, 0.1) is 0 Å².